The molecule has 1 saturated heterocycles. The van der Waals surface area contributed by atoms with E-state index in [9.17, 15) is 4.79 Å². The number of nitrogens with one attached hydrogen (secondary N) is 2. The molecule has 0 radical (unpaired) electrons. The zero-order valence-corrected chi connectivity index (χ0v) is 11.9. The number of hydrogen-bond acceptors (Lipinski definition) is 6. The average molecular weight is 289 g/mol. The van der Waals surface area contributed by atoms with Crippen LogP contribution in [0.1, 0.15) is 15.4 Å². The summed E-state index contributed by atoms with van der Waals surface area (Å²) in [6.45, 7) is 4.50. The summed E-state index contributed by atoms with van der Waals surface area (Å²) in [6, 6.07) is 1.75. The third-order valence-electron chi connectivity index (χ3n) is 3.18. The normalized spacial score (nSPS) is 14.8. The topological polar surface area (TPSA) is 79.8 Å². The van der Waals surface area contributed by atoms with Crippen molar-refractivity contribution in [1.82, 2.24) is 25.6 Å². The molecule has 2 aromatic heterocycles. The average Bonchev–Trinajstić information content (AvgIpc) is 2.80. The van der Waals surface area contributed by atoms with Gasteiger partial charge < -0.3 is 10.6 Å². The second-order valence-corrected chi connectivity index (χ2v) is 5.74. The number of rotatable bonds is 4. The van der Waals surface area contributed by atoms with Crippen LogP contribution in [0.2, 0.25) is 0 Å². The summed E-state index contributed by atoms with van der Waals surface area (Å²) in [6.07, 6.45) is 3.34. The minimum Gasteiger partial charge on any atom is -0.351 e. The summed E-state index contributed by atoms with van der Waals surface area (Å²) >= 11 is 1.33. The minimum atomic E-state index is -0.0610. The number of hydrogen-bond donors (Lipinski definition) is 2. The lowest BCUT2D eigenvalue weighted by Crippen LogP contribution is -2.48. The van der Waals surface area contributed by atoms with Crippen molar-refractivity contribution >= 4 is 17.2 Å². The number of aryl methyl sites for hydroxylation is 1. The van der Waals surface area contributed by atoms with E-state index < -0.39 is 0 Å². The molecule has 0 saturated carbocycles. The lowest BCUT2D eigenvalue weighted by atomic mass is 10.0. The van der Waals surface area contributed by atoms with Gasteiger partial charge in [-0.2, -0.15) is 0 Å². The van der Waals surface area contributed by atoms with Crippen LogP contribution in [0.4, 0.5) is 0 Å². The molecule has 3 heterocycles. The van der Waals surface area contributed by atoms with Gasteiger partial charge in [-0.3, -0.25) is 4.79 Å². The van der Waals surface area contributed by atoms with E-state index in [2.05, 4.69) is 25.6 Å². The van der Waals surface area contributed by atoms with E-state index >= 15 is 0 Å². The van der Waals surface area contributed by atoms with Crippen molar-refractivity contribution in [3.8, 4) is 10.8 Å². The van der Waals surface area contributed by atoms with Crippen LogP contribution >= 0.6 is 11.3 Å². The van der Waals surface area contributed by atoms with Gasteiger partial charge in [0.15, 0.2) is 10.8 Å². The van der Waals surface area contributed by atoms with Gasteiger partial charge in [0.25, 0.3) is 5.91 Å². The molecule has 2 aromatic rings. The Morgan fingerprint density at radius 2 is 2.20 bits per heavy atom. The maximum atomic E-state index is 12.2. The minimum absolute atomic E-state index is 0.0610. The Labute approximate surface area is 120 Å². The SMILES string of the molecule is Cc1nc(-c2ncccn2)sc1C(=O)NCC1CNC1. The fourth-order valence-corrected chi connectivity index (χ4v) is 2.85. The Bertz CT molecular complexity index is 608. The summed E-state index contributed by atoms with van der Waals surface area (Å²) in [5.41, 5.74) is 0.724. The van der Waals surface area contributed by atoms with Crippen LogP contribution in [-0.4, -0.2) is 40.5 Å². The lowest BCUT2D eigenvalue weighted by Gasteiger charge is -2.26. The first-order valence-electron chi connectivity index (χ1n) is 6.48. The second kappa shape index (κ2) is 5.64. The van der Waals surface area contributed by atoms with Crippen molar-refractivity contribution in [2.24, 2.45) is 5.92 Å². The van der Waals surface area contributed by atoms with Crippen molar-refractivity contribution in [3.63, 3.8) is 0 Å². The van der Waals surface area contributed by atoms with Crippen LogP contribution in [0.5, 0.6) is 0 Å². The van der Waals surface area contributed by atoms with Gasteiger partial charge in [0.2, 0.25) is 0 Å². The largest absolute Gasteiger partial charge is 0.351 e. The molecule has 1 aliphatic heterocycles. The molecule has 1 aliphatic rings. The zero-order valence-electron chi connectivity index (χ0n) is 11.1. The first-order chi connectivity index (χ1) is 9.74. The third-order valence-corrected chi connectivity index (χ3v) is 4.33. The van der Waals surface area contributed by atoms with Crippen molar-refractivity contribution in [2.75, 3.05) is 19.6 Å². The Morgan fingerprint density at radius 3 is 2.85 bits per heavy atom. The number of nitrogens with zero attached hydrogens (tertiary/aromatic N) is 3. The lowest BCUT2D eigenvalue weighted by molar-refractivity contribution is 0.0945. The fourth-order valence-electron chi connectivity index (χ4n) is 1.92. The highest BCUT2D eigenvalue weighted by atomic mass is 32.1. The summed E-state index contributed by atoms with van der Waals surface area (Å²) in [4.78, 5) is 25.5. The van der Waals surface area contributed by atoms with Gasteiger partial charge >= 0.3 is 0 Å². The number of carbonyl (C=O) groups is 1. The third kappa shape index (κ3) is 2.68. The van der Waals surface area contributed by atoms with E-state index in [1.165, 1.54) is 11.3 Å². The maximum Gasteiger partial charge on any atom is 0.263 e. The molecule has 104 valence electrons. The summed E-state index contributed by atoms with van der Waals surface area (Å²) in [5.74, 6) is 1.04. The molecule has 6 nitrogen and oxygen atoms in total. The summed E-state index contributed by atoms with van der Waals surface area (Å²) < 4.78 is 0. The molecule has 0 spiro atoms. The van der Waals surface area contributed by atoms with Crippen LogP contribution in [0.3, 0.4) is 0 Å². The molecule has 1 fully saturated rings. The van der Waals surface area contributed by atoms with Crippen molar-refractivity contribution in [3.05, 3.63) is 29.0 Å². The Morgan fingerprint density at radius 1 is 1.45 bits per heavy atom. The van der Waals surface area contributed by atoms with Gasteiger partial charge in [0, 0.05) is 37.9 Å². The van der Waals surface area contributed by atoms with Crippen LogP contribution < -0.4 is 10.6 Å². The van der Waals surface area contributed by atoms with Gasteiger partial charge in [-0.15, -0.1) is 11.3 Å². The van der Waals surface area contributed by atoms with E-state index in [4.69, 9.17) is 0 Å². The van der Waals surface area contributed by atoms with E-state index in [1.54, 1.807) is 18.5 Å². The molecular formula is C13H15N5OS. The predicted octanol–water partition coefficient (Wildman–Crippen LogP) is 0.858. The monoisotopic (exact) mass is 289 g/mol. The first-order valence-corrected chi connectivity index (χ1v) is 7.29. The molecule has 2 N–H and O–H groups in total. The molecular weight excluding hydrogens is 274 g/mol. The van der Waals surface area contributed by atoms with E-state index in [1.807, 2.05) is 6.92 Å². The van der Waals surface area contributed by atoms with Gasteiger partial charge in [0.1, 0.15) is 4.88 Å². The molecule has 0 aromatic carbocycles. The van der Waals surface area contributed by atoms with Crippen LogP contribution in [0, 0.1) is 12.8 Å². The molecule has 0 bridgehead atoms. The standard InChI is InChI=1S/C13H15N5OS/c1-8-10(12(19)17-7-9-5-14-6-9)20-13(18-8)11-15-3-2-4-16-11/h2-4,9,14H,5-7H2,1H3,(H,17,19). The Hall–Kier alpha value is -1.86. The van der Waals surface area contributed by atoms with Gasteiger partial charge in [0.05, 0.1) is 5.69 Å². The molecule has 20 heavy (non-hydrogen) atoms. The van der Waals surface area contributed by atoms with Crippen LogP contribution in [-0.2, 0) is 0 Å². The fraction of sp³-hybridized carbons (Fsp3) is 0.385. The number of thiazole rings is 1. The predicted molar refractivity (Wildman–Crippen MR) is 76.6 cm³/mol. The highest BCUT2D eigenvalue weighted by Crippen LogP contribution is 2.25. The Kier molecular flexibility index (Phi) is 3.70. The zero-order chi connectivity index (χ0) is 13.9. The highest BCUT2D eigenvalue weighted by molar-refractivity contribution is 7.17. The molecule has 0 unspecified atom stereocenters. The first kappa shape index (κ1) is 13.1. The van der Waals surface area contributed by atoms with Crippen LogP contribution in [0.25, 0.3) is 10.8 Å². The summed E-state index contributed by atoms with van der Waals surface area (Å²) in [7, 11) is 0. The molecule has 0 aliphatic carbocycles. The van der Waals surface area contributed by atoms with Gasteiger partial charge in [-0.25, -0.2) is 15.0 Å². The molecule has 0 atom stereocenters. The number of carbonyl (C=O) groups excluding carboxylic acids is 1. The quantitative estimate of drug-likeness (QED) is 0.872. The summed E-state index contributed by atoms with van der Waals surface area (Å²) in [5, 5.41) is 6.82. The molecule has 7 heteroatoms. The van der Waals surface area contributed by atoms with E-state index in [-0.39, 0.29) is 5.91 Å². The number of amides is 1. The smallest absolute Gasteiger partial charge is 0.263 e. The second-order valence-electron chi connectivity index (χ2n) is 4.74. The van der Waals surface area contributed by atoms with Gasteiger partial charge in [-0.05, 0) is 13.0 Å². The molecule has 3 rings (SSSR count). The van der Waals surface area contributed by atoms with E-state index in [0.717, 1.165) is 18.8 Å². The maximum absolute atomic E-state index is 12.2. The van der Waals surface area contributed by atoms with Crippen LogP contribution in [0.15, 0.2) is 18.5 Å². The number of aromatic nitrogens is 3. The highest BCUT2D eigenvalue weighted by Gasteiger charge is 2.20. The van der Waals surface area contributed by atoms with Crippen molar-refractivity contribution in [1.29, 1.82) is 0 Å². The van der Waals surface area contributed by atoms with Gasteiger partial charge in [-0.1, -0.05) is 0 Å². The van der Waals surface area contributed by atoms with Crippen molar-refractivity contribution < 1.29 is 4.79 Å². The van der Waals surface area contributed by atoms with E-state index in [0.29, 0.717) is 28.2 Å². The van der Waals surface area contributed by atoms with Crippen molar-refractivity contribution in [2.45, 2.75) is 6.92 Å². The molecule has 1 amide bonds. The Balaban J connectivity index is 1.73.